The molecule has 0 N–H and O–H groups in total. The van der Waals surface area contributed by atoms with Gasteiger partial charge in [-0.15, -0.1) is 0 Å². The Morgan fingerprint density at radius 1 is 0.387 bits per heavy atom. The number of Topliss-reactive ketones (excluding diaryl/α,β-unsaturated/α-hetero) is 1. The summed E-state index contributed by atoms with van der Waals surface area (Å²) < 4.78 is 51.3. The Labute approximate surface area is 757 Å². The van der Waals surface area contributed by atoms with Gasteiger partial charge in [0.2, 0.25) is 6.29 Å². The number of carbonyl (C=O) groups is 1. The van der Waals surface area contributed by atoms with Crippen LogP contribution >= 0.6 is 0 Å². The van der Waals surface area contributed by atoms with Gasteiger partial charge in [-0.2, -0.15) is 0 Å². The summed E-state index contributed by atoms with van der Waals surface area (Å²) in [6.45, 7) is 31.7. The Bertz CT molecular complexity index is 3850. The van der Waals surface area contributed by atoms with Gasteiger partial charge in [-0.25, -0.2) is 0 Å². The second-order valence-electron chi connectivity index (χ2n) is 40.4. The van der Waals surface area contributed by atoms with Crippen molar-refractivity contribution in [3.05, 3.63) is 190 Å². The van der Waals surface area contributed by atoms with Gasteiger partial charge in [-0.05, 0) is 281 Å². The third-order valence-electron chi connectivity index (χ3n) is 31.1. The maximum atomic E-state index is 12.7. The number of hydrogen-bond donors (Lipinski definition) is 0. The molecule has 0 saturated heterocycles. The molecule has 0 radical (unpaired) electrons. The number of ketones is 1. The smallest absolute Gasteiger partial charge is 0.200 e. The Morgan fingerprint density at radius 3 is 1.28 bits per heavy atom. The van der Waals surface area contributed by atoms with E-state index in [4.69, 9.17) is 37.9 Å². The van der Waals surface area contributed by atoms with E-state index in [2.05, 4.69) is 217 Å². The molecule has 6 aromatic rings. The van der Waals surface area contributed by atoms with Crippen LogP contribution in [0.25, 0.3) is 0 Å². The number of carbonyl (C=O) groups excluding carboxylic acids is 1. The van der Waals surface area contributed by atoms with E-state index in [9.17, 15) is 4.79 Å². The summed E-state index contributed by atoms with van der Waals surface area (Å²) in [5, 5.41) is 0. The lowest BCUT2D eigenvalue weighted by Crippen LogP contribution is -2.39. The summed E-state index contributed by atoms with van der Waals surface area (Å²) in [7, 11) is 0. The second kappa shape index (κ2) is 53.2. The Morgan fingerprint density at radius 2 is 0.806 bits per heavy atom. The van der Waals surface area contributed by atoms with E-state index in [-0.39, 0.29) is 41.8 Å². The van der Waals surface area contributed by atoms with Crippen molar-refractivity contribution in [3.63, 3.8) is 0 Å². The number of hydrogen-bond acceptors (Lipinski definition) is 9. The number of fused-ring (bicyclic) bond motifs is 1. The maximum absolute atomic E-state index is 12.7. The molecule has 9 atom stereocenters. The monoisotopic (exact) mass is 1700 g/mol. The molecular formula is C115H174O9. The summed E-state index contributed by atoms with van der Waals surface area (Å²) in [6, 6.07) is 52.2. The van der Waals surface area contributed by atoms with Crippen LogP contribution in [0.4, 0.5) is 0 Å². The molecule has 0 aliphatic heterocycles. The van der Waals surface area contributed by atoms with Crippen molar-refractivity contribution in [2.75, 3.05) is 26.4 Å². The van der Waals surface area contributed by atoms with E-state index in [0.29, 0.717) is 45.8 Å². The van der Waals surface area contributed by atoms with Gasteiger partial charge in [0.05, 0.1) is 25.4 Å². The van der Waals surface area contributed by atoms with Gasteiger partial charge in [0.1, 0.15) is 23.0 Å². The molecule has 0 spiro atoms. The molecule has 6 aromatic carbocycles. The fraction of sp³-hybridized carbons (Fsp3) is 0.678. The zero-order chi connectivity index (χ0) is 87.8. The molecule has 9 heteroatoms. The molecule has 9 nitrogen and oxygen atoms in total. The zero-order valence-electron chi connectivity index (χ0n) is 80.7. The molecule has 0 heterocycles. The van der Waals surface area contributed by atoms with Crippen molar-refractivity contribution in [1.82, 2.24) is 0 Å². The fourth-order valence-corrected chi connectivity index (χ4v) is 22.3. The molecule has 688 valence electrons. The Balaban J connectivity index is 0.000000174. The van der Waals surface area contributed by atoms with Crippen molar-refractivity contribution < 1.29 is 42.7 Å². The van der Waals surface area contributed by atoms with Crippen molar-refractivity contribution >= 4 is 5.78 Å². The minimum absolute atomic E-state index is 0.0524. The molecule has 13 rings (SSSR count). The average Bonchev–Trinajstić information content (AvgIpc) is 0.796. The lowest BCUT2D eigenvalue weighted by Gasteiger charge is -2.47. The molecular weight excluding hydrogens is 1530 g/mol. The molecule has 0 amide bonds. The van der Waals surface area contributed by atoms with E-state index in [1.807, 2.05) is 12.1 Å². The quantitative estimate of drug-likeness (QED) is 0.0274. The molecule has 6 fully saturated rings. The first-order valence-electron chi connectivity index (χ1n) is 51.5. The minimum Gasteiger partial charge on any atom is -0.465 e. The highest BCUT2D eigenvalue weighted by molar-refractivity contribution is 5.97. The van der Waals surface area contributed by atoms with Crippen LogP contribution in [0, 0.1) is 34.0 Å². The van der Waals surface area contributed by atoms with Crippen molar-refractivity contribution in [2.24, 2.45) is 34.0 Å². The van der Waals surface area contributed by atoms with E-state index < -0.39 is 0 Å². The molecule has 124 heavy (non-hydrogen) atoms. The van der Waals surface area contributed by atoms with Gasteiger partial charge in [0, 0.05) is 37.7 Å². The van der Waals surface area contributed by atoms with Crippen LogP contribution < -0.4 is 18.9 Å². The minimum atomic E-state index is -0.366. The molecule has 7 aliphatic rings. The van der Waals surface area contributed by atoms with Gasteiger partial charge in [0.25, 0.3) is 0 Å². The first kappa shape index (κ1) is 100. The highest BCUT2D eigenvalue weighted by Gasteiger charge is 2.44. The fourth-order valence-electron chi connectivity index (χ4n) is 22.3. The van der Waals surface area contributed by atoms with E-state index in [0.717, 1.165) is 132 Å². The molecule has 6 saturated carbocycles. The van der Waals surface area contributed by atoms with Crippen LogP contribution in [0.2, 0.25) is 0 Å². The summed E-state index contributed by atoms with van der Waals surface area (Å²) in [5.74, 6) is 8.28. The number of ether oxygens (including phenoxy) is 8. The summed E-state index contributed by atoms with van der Waals surface area (Å²) in [4.78, 5) is 12.7. The van der Waals surface area contributed by atoms with Gasteiger partial charge < -0.3 is 37.9 Å². The van der Waals surface area contributed by atoms with Crippen molar-refractivity contribution in [3.8, 4) is 23.0 Å². The molecule has 9 unspecified atom stereocenters. The normalized spacial score (nSPS) is 21.1. The van der Waals surface area contributed by atoms with Gasteiger partial charge >= 0.3 is 0 Å². The van der Waals surface area contributed by atoms with E-state index in [1.54, 1.807) is 6.92 Å². The lowest BCUT2D eigenvalue weighted by atomic mass is 9.60. The van der Waals surface area contributed by atoms with Crippen LogP contribution in [0.5, 0.6) is 23.0 Å². The van der Waals surface area contributed by atoms with Gasteiger partial charge in [-0.3, -0.25) is 4.79 Å². The summed E-state index contributed by atoms with van der Waals surface area (Å²) >= 11 is 0. The Hall–Kier alpha value is -5.97. The zero-order valence-corrected chi connectivity index (χ0v) is 80.7. The first-order chi connectivity index (χ1) is 60.3. The first-order valence-corrected chi connectivity index (χ1v) is 51.5. The highest BCUT2D eigenvalue weighted by atomic mass is 16.7. The standard InChI is InChI=1S/C34H48O3.C28H40O2.C27H44O2.C26H42O2/c1-4-26(2)29-18-19-32(31(24-29)27(3)35)37-33(36-23-20-28-14-8-5-9-15-28)25-34(21-12-7-13-22-34)30-16-10-6-11-17-30;1-5-17-28(18-16-24-10-8-9-11-25(24)20-28)21-27(29-19-6-2)30-26-14-12-23(13-15-26)22(4)7-3;1-4-22(2)24-13-15-25(16-14-24)29-26(21-27(3)18-9-6-10-19-27)28-20-17-23-11-7-5-8-12-23;1-4-21(3)22-14-16-24(17-15-22)28-25(27-5-2)20-26(18-10-7-11-19-26)23-12-8-6-9-13-23/h6,10-11,16-19,24,26,28,33H,4-5,7-9,12-15,20-23,25H2,1-3H3;8-15,22,27H,5-7,16-21H2,1-4H3;13-16,22-23,26H,4-12,17-21H2,1-3H3;14-17,21,23,25H,4-13,18-20H2,1-3H3. The third-order valence-corrected chi connectivity index (χ3v) is 31.1. The van der Waals surface area contributed by atoms with Crippen molar-refractivity contribution in [1.29, 1.82) is 0 Å². The summed E-state index contributed by atoms with van der Waals surface area (Å²) in [6.07, 6.45) is 57.5. The molecule has 7 aliphatic carbocycles. The molecule has 0 bridgehead atoms. The van der Waals surface area contributed by atoms with Gasteiger partial charge in [0.15, 0.2) is 24.7 Å². The number of aryl methyl sites for hydroxylation is 1. The van der Waals surface area contributed by atoms with Crippen LogP contribution in [-0.4, -0.2) is 57.4 Å². The van der Waals surface area contributed by atoms with Crippen LogP contribution in [-0.2, 0) is 37.2 Å². The van der Waals surface area contributed by atoms with Crippen LogP contribution in [0.1, 0.15) is 445 Å². The largest absolute Gasteiger partial charge is 0.465 e. The second-order valence-corrected chi connectivity index (χ2v) is 40.4. The number of benzene rings is 6. The summed E-state index contributed by atoms with van der Waals surface area (Å²) in [5.41, 5.74) is 11.6. The van der Waals surface area contributed by atoms with Crippen LogP contribution in [0.15, 0.2) is 146 Å². The topological polar surface area (TPSA) is 90.9 Å². The predicted octanol–water partition coefficient (Wildman–Crippen LogP) is 33.2. The predicted molar refractivity (Wildman–Crippen MR) is 519 cm³/mol. The lowest BCUT2D eigenvalue weighted by molar-refractivity contribution is -0.119. The van der Waals surface area contributed by atoms with Crippen LogP contribution in [0.3, 0.4) is 0 Å². The van der Waals surface area contributed by atoms with E-state index >= 15 is 0 Å². The maximum Gasteiger partial charge on any atom is 0.200 e. The average molecular weight is 1700 g/mol. The van der Waals surface area contributed by atoms with Crippen molar-refractivity contribution in [2.45, 2.75) is 440 Å². The highest BCUT2D eigenvalue weighted by Crippen LogP contribution is 2.53. The number of rotatable bonds is 42. The van der Waals surface area contributed by atoms with Gasteiger partial charge in [-0.1, -0.05) is 321 Å². The SMILES string of the molecule is CCC(C)c1ccc(OC(CC2(C)CCCCC2)OCCC2CCCCC2)cc1.CCC(C)c1ccc(OC(CC2(c3ccccc3)CCCCC2)OCCC2CCCCC2)c(C(C)=O)c1.CCCOC(CC1(CCC)CCc2ccccc2C1)Oc1ccc(C(C)CC)cc1.CCOC(CC1(C2CCCCC2)CCCCC1)Oc1ccc(C(C)CC)cc1. The van der Waals surface area contributed by atoms with E-state index in [1.165, 1.54) is 264 Å². The third kappa shape index (κ3) is 31.7. The molecule has 0 aromatic heterocycles. The Kier molecular flexibility index (Phi) is 43.0.